The number of hydrogen-bond acceptors (Lipinski definition) is 5. The van der Waals surface area contributed by atoms with Gasteiger partial charge in [-0.3, -0.25) is 9.69 Å². The summed E-state index contributed by atoms with van der Waals surface area (Å²) in [5.41, 5.74) is 3.75. The van der Waals surface area contributed by atoms with Crippen molar-refractivity contribution < 1.29 is 22.7 Å². The number of phenols is 1. The van der Waals surface area contributed by atoms with Crippen LogP contribution >= 0.6 is 0 Å². The Labute approximate surface area is 183 Å². The zero-order chi connectivity index (χ0) is 22.6. The third-order valence-corrected chi connectivity index (χ3v) is 8.30. The van der Waals surface area contributed by atoms with Gasteiger partial charge in [0.1, 0.15) is 18.0 Å². The average molecular weight is 452 g/mol. The molecule has 31 heavy (non-hydrogen) atoms. The van der Waals surface area contributed by atoms with Crippen LogP contribution in [0.3, 0.4) is 0 Å². The van der Waals surface area contributed by atoms with Crippen molar-refractivity contribution in [3.63, 3.8) is 0 Å². The van der Waals surface area contributed by atoms with Crippen molar-refractivity contribution in [1.29, 1.82) is 0 Å². The molecule has 1 fully saturated rings. The average Bonchev–Trinajstić information content (AvgIpc) is 2.93. The lowest BCUT2D eigenvalue weighted by Crippen LogP contribution is -2.35. The molecule has 1 aliphatic carbocycles. The van der Waals surface area contributed by atoms with Gasteiger partial charge >= 0.3 is 10.2 Å². The van der Waals surface area contributed by atoms with Crippen LogP contribution in [-0.2, 0) is 28.0 Å². The molecule has 0 unspecified atom stereocenters. The fraction of sp³-hybridized carbons (Fsp3) is 0.591. The van der Waals surface area contributed by atoms with E-state index >= 15 is 4.39 Å². The lowest BCUT2D eigenvalue weighted by molar-refractivity contribution is -0.117. The SMILES string of the molecule is CC1=C(CCN2CCc3cc(O)c(N4CC(=O)NS4(=O)=O)c(F)c3C2)C(C)(C)CCC1. The minimum absolute atomic E-state index is 0.184. The number of allylic oxidation sites excluding steroid dienone is 1. The predicted octanol–water partition coefficient (Wildman–Crippen LogP) is 2.99. The van der Waals surface area contributed by atoms with E-state index in [0.717, 1.165) is 25.9 Å². The number of rotatable bonds is 4. The summed E-state index contributed by atoms with van der Waals surface area (Å²) < 4.78 is 42.2. The Hall–Kier alpha value is -2.13. The number of aromatic hydroxyl groups is 1. The monoisotopic (exact) mass is 451 g/mol. The maximum atomic E-state index is 15.4. The van der Waals surface area contributed by atoms with E-state index in [1.807, 2.05) is 4.72 Å². The molecule has 3 aliphatic rings. The molecule has 2 N–H and O–H groups in total. The Bertz CT molecular complexity index is 1070. The highest BCUT2D eigenvalue weighted by atomic mass is 32.2. The van der Waals surface area contributed by atoms with E-state index in [1.165, 1.54) is 30.1 Å². The zero-order valence-electron chi connectivity index (χ0n) is 18.3. The molecule has 0 spiro atoms. The Morgan fingerprint density at radius 1 is 1.26 bits per heavy atom. The summed E-state index contributed by atoms with van der Waals surface area (Å²) in [6.45, 7) is 8.14. The highest BCUT2D eigenvalue weighted by Crippen LogP contribution is 2.42. The largest absolute Gasteiger partial charge is 0.506 e. The smallest absolute Gasteiger partial charge is 0.326 e. The van der Waals surface area contributed by atoms with E-state index in [4.69, 9.17) is 0 Å². The van der Waals surface area contributed by atoms with E-state index in [0.29, 0.717) is 28.4 Å². The first-order valence-electron chi connectivity index (χ1n) is 10.8. The predicted molar refractivity (Wildman–Crippen MR) is 116 cm³/mol. The summed E-state index contributed by atoms with van der Waals surface area (Å²) in [7, 11) is -4.20. The van der Waals surface area contributed by atoms with Gasteiger partial charge in [0, 0.05) is 25.2 Å². The Morgan fingerprint density at radius 2 is 2.00 bits per heavy atom. The lowest BCUT2D eigenvalue weighted by Gasteiger charge is -2.37. The summed E-state index contributed by atoms with van der Waals surface area (Å²) in [5, 5.41) is 10.3. The summed E-state index contributed by atoms with van der Waals surface area (Å²) in [4.78, 5) is 13.8. The lowest BCUT2D eigenvalue weighted by atomic mass is 9.71. The van der Waals surface area contributed by atoms with Crippen molar-refractivity contribution in [2.45, 2.75) is 59.4 Å². The van der Waals surface area contributed by atoms with E-state index in [1.54, 1.807) is 0 Å². The van der Waals surface area contributed by atoms with Gasteiger partial charge in [-0.25, -0.2) is 13.4 Å². The minimum atomic E-state index is -4.20. The highest BCUT2D eigenvalue weighted by Gasteiger charge is 2.39. The Kier molecular flexibility index (Phi) is 5.54. The molecule has 0 radical (unpaired) electrons. The number of fused-ring (bicyclic) bond motifs is 1. The molecule has 170 valence electrons. The molecular weight excluding hydrogens is 421 g/mol. The van der Waals surface area contributed by atoms with Gasteiger partial charge in [0.15, 0.2) is 5.82 Å². The first-order valence-corrected chi connectivity index (χ1v) is 12.2. The quantitative estimate of drug-likeness (QED) is 0.687. The van der Waals surface area contributed by atoms with Gasteiger partial charge in [-0.05, 0) is 56.1 Å². The van der Waals surface area contributed by atoms with Gasteiger partial charge in [0.05, 0.1) is 0 Å². The van der Waals surface area contributed by atoms with Crippen LogP contribution in [0.25, 0.3) is 0 Å². The molecule has 1 saturated heterocycles. The highest BCUT2D eigenvalue weighted by molar-refractivity contribution is 7.92. The van der Waals surface area contributed by atoms with Crippen molar-refractivity contribution in [3.05, 3.63) is 34.2 Å². The number of anilines is 1. The van der Waals surface area contributed by atoms with Crippen molar-refractivity contribution >= 4 is 21.8 Å². The Balaban J connectivity index is 1.57. The van der Waals surface area contributed by atoms with Crippen molar-refractivity contribution in [2.24, 2.45) is 5.41 Å². The molecule has 0 aromatic heterocycles. The van der Waals surface area contributed by atoms with Gasteiger partial charge in [0.2, 0.25) is 0 Å². The second kappa shape index (κ2) is 7.78. The van der Waals surface area contributed by atoms with Crippen LogP contribution < -0.4 is 9.03 Å². The summed E-state index contributed by atoms with van der Waals surface area (Å²) in [6.07, 6.45) is 5.03. The number of nitrogens with zero attached hydrogens (tertiary/aromatic N) is 2. The summed E-state index contributed by atoms with van der Waals surface area (Å²) in [5.74, 6) is -1.99. The fourth-order valence-corrected chi connectivity index (χ4v) is 6.43. The molecule has 9 heteroatoms. The molecule has 1 amide bonds. The van der Waals surface area contributed by atoms with Gasteiger partial charge in [-0.2, -0.15) is 8.42 Å². The molecule has 2 aliphatic heterocycles. The molecule has 1 aromatic rings. The number of amides is 1. The first kappa shape index (κ1) is 22.1. The number of halogens is 1. The van der Waals surface area contributed by atoms with E-state index in [-0.39, 0.29) is 5.41 Å². The topological polar surface area (TPSA) is 89.9 Å². The maximum absolute atomic E-state index is 15.4. The molecular formula is C22H30FN3O4S. The molecule has 7 nitrogen and oxygen atoms in total. The van der Waals surface area contributed by atoms with Gasteiger partial charge in [-0.15, -0.1) is 0 Å². The summed E-state index contributed by atoms with van der Waals surface area (Å²) >= 11 is 0. The standard InChI is InChI=1S/C22H30FN3O4S/c1-14-5-4-8-22(2,3)17(14)7-10-25-9-6-15-11-18(27)21(20(23)16(15)12-25)26-13-19(28)24-31(26,29)30/h11,27H,4-10,12-13H2,1-3H3,(H,24,28). The minimum Gasteiger partial charge on any atom is -0.506 e. The van der Waals surface area contributed by atoms with Crippen molar-refractivity contribution in [2.75, 3.05) is 23.9 Å². The molecule has 4 rings (SSSR count). The first-order chi connectivity index (χ1) is 14.5. The van der Waals surface area contributed by atoms with Gasteiger partial charge < -0.3 is 5.11 Å². The number of carbonyl (C=O) groups excluding carboxylic acids is 1. The fourth-order valence-electron chi connectivity index (χ4n) is 5.26. The summed E-state index contributed by atoms with van der Waals surface area (Å²) in [6, 6.07) is 1.43. The third-order valence-electron chi connectivity index (χ3n) is 6.93. The number of benzene rings is 1. The van der Waals surface area contributed by atoms with E-state index in [9.17, 15) is 18.3 Å². The number of nitrogens with one attached hydrogen (secondary N) is 1. The van der Waals surface area contributed by atoms with Crippen molar-refractivity contribution in [1.82, 2.24) is 9.62 Å². The van der Waals surface area contributed by atoms with Gasteiger partial charge in [-0.1, -0.05) is 25.0 Å². The number of hydrogen-bond donors (Lipinski definition) is 2. The molecule has 2 heterocycles. The maximum Gasteiger partial charge on any atom is 0.326 e. The van der Waals surface area contributed by atoms with Crippen LogP contribution in [-0.4, -0.2) is 44.0 Å². The molecule has 0 saturated carbocycles. The van der Waals surface area contributed by atoms with E-state index < -0.39 is 39.9 Å². The van der Waals surface area contributed by atoms with Crippen LogP contribution in [0.2, 0.25) is 0 Å². The molecule has 0 atom stereocenters. The third kappa shape index (κ3) is 4.05. The second-order valence-electron chi connectivity index (χ2n) is 9.51. The van der Waals surface area contributed by atoms with Crippen LogP contribution in [0.1, 0.15) is 57.6 Å². The normalized spacial score (nSPS) is 23.1. The number of phenolic OH excluding ortho intramolecular Hbond substituents is 1. The van der Waals surface area contributed by atoms with Gasteiger partial charge in [0.25, 0.3) is 5.91 Å². The van der Waals surface area contributed by atoms with E-state index in [2.05, 4.69) is 25.7 Å². The second-order valence-corrected chi connectivity index (χ2v) is 11.1. The molecule has 1 aromatic carbocycles. The molecule has 0 bridgehead atoms. The van der Waals surface area contributed by atoms with Crippen LogP contribution in [0.4, 0.5) is 10.1 Å². The number of carbonyl (C=O) groups is 1. The van der Waals surface area contributed by atoms with Crippen LogP contribution in [0.5, 0.6) is 5.75 Å². The Morgan fingerprint density at radius 3 is 2.65 bits per heavy atom. The zero-order valence-corrected chi connectivity index (χ0v) is 19.1. The van der Waals surface area contributed by atoms with Crippen molar-refractivity contribution in [3.8, 4) is 5.75 Å². The van der Waals surface area contributed by atoms with Crippen LogP contribution in [0.15, 0.2) is 17.2 Å². The van der Waals surface area contributed by atoms with Crippen LogP contribution in [0, 0.1) is 11.2 Å².